The van der Waals surface area contributed by atoms with Gasteiger partial charge < -0.3 is 4.90 Å². The Labute approximate surface area is 151 Å². The number of hydrogen-bond acceptors (Lipinski definition) is 4. The minimum Gasteiger partial charge on any atom is -0.337 e. The van der Waals surface area contributed by atoms with Crippen molar-refractivity contribution in [2.45, 2.75) is 20.0 Å². The SMILES string of the molecule is CCn1nnnc1-c1cccc(C(=O)N(C)Cc2ccc(Cl)cc2)c1. The third-order valence-electron chi connectivity index (χ3n) is 3.88. The average Bonchev–Trinajstić information content (AvgIpc) is 3.12. The normalized spacial score (nSPS) is 10.7. The number of halogens is 1. The van der Waals surface area contributed by atoms with Gasteiger partial charge in [0.25, 0.3) is 5.91 Å². The second-order valence-electron chi connectivity index (χ2n) is 5.69. The maximum atomic E-state index is 12.7. The molecule has 0 bridgehead atoms. The molecule has 25 heavy (non-hydrogen) atoms. The van der Waals surface area contributed by atoms with Crippen LogP contribution in [0.15, 0.2) is 48.5 Å². The zero-order valence-electron chi connectivity index (χ0n) is 14.1. The largest absolute Gasteiger partial charge is 0.337 e. The molecule has 3 rings (SSSR count). The highest BCUT2D eigenvalue weighted by atomic mass is 35.5. The van der Waals surface area contributed by atoms with Gasteiger partial charge in [0, 0.05) is 36.3 Å². The molecule has 0 radical (unpaired) electrons. The highest BCUT2D eigenvalue weighted by molar-refractivity contribution is 6.30. The molecule has 0 N–H and O–H groups in total. The van der Waals surface area contributed by atoms with Crippen molar-refractivity contribution in [1.82, 2.24) is 25.1 Å². The maximum absolute atomic E-state index is 12.7. The standard InChI is InChI=1S/C18H18ClN5O/c1-3-24-17(20-21-22-24)14-5-4-6-15(11-14)18(25)23(2)12-13-7-9-16(19)10-8-13/h4-11H,3,12H2,1-2H3. The fourth-order valence-electron chi connectivity index (χ4n) is 2.57. The molecule has 0 spiro atoms. The van der Waals surface area contributed by atoms with Gasteiger partial charge in [-0.1, -0.05) is 35.9 Å². The molecular weight excluding hydrogens is 338 g/mol. The zero-order valence-corrected chi connectivity index (χ0v) is 14.8. The summed E-state index contributed by atoms with van der Waals surface area (Å²) in [4.78, 5) is 14.4. The van der Waals surface area contributed by atoms with Crippen LogP contribution in [0.5, 0.6) is 0 Å². The van der Waals surface area contributed by atoms with Crippen LogP contribution in [-0.2, 0) is 13.1 Å². The number of aryl methyl sites for hydroxylation is 1. The molecule has 0 unspecified atom stereocenters. The van der Waals surface area contributed by atoms with Crippen LogP contribution in [0, 0.1) is 0 Å². The summed E-state index contributed by atoms with van der Waals surface area (Å²) in [5.41, 5.74) is 2.43. The summed E-state index contributed by atoms with van der Waals surface area (Å²) in [5, 5.41) is 12.4. The first kappa shape index (κ1) is 17.1. The van der Waals surface area contributed by atoms with Crippen LogP contribution in [0.3, 0.4) is 0 Å². The lowest BCUT2D eigenvalue weighted by Gasteiger charge is -2.18. The number of nitrogens with zero attached hydrogens (tertiary/aromatic N) is 5. The first-order valence-corrected chi connectivity index (χ1v) is 8.32. The van der Waals surface area contributed by atoms with Gasteiger partial charge in [-0.3, -0.25) is 4.79 Å². The Morgan fingerprint density at radius 2 is 1.96 bits per heavy atom. The van der Waals surface area contributed by atoms with Crippen molar-refractivity contribution in [3.05, 3.63) is 64.7 Å². The lowest BCUT2D eigenvalue weighted by Crippen LogP contribution is -2.26. The molecule has 1 aromatic heterocycles. The number of carbonyl (C=O) groups excluding carboxylic acids is 1. The van der Waals surface area contributed by atoms with E-state index in [1.165, 1.54) is 0 Å². The molecule has 1 heterocycles. The fourth-order valence-corrected chi connectivity index (χ4v) is 2.70. The second-order valence-corrected chi connectivity index (χ2v) is 6.12. The summed E-state index contributed by atoms with van der Waals surface area (Å²) >= 11 is 5.90. The van der Waals surface area contributed by atoms with Gasteiger partial charge in [-0.15, -0.1) is 5.10 Å². The van der Waals surface area contributed by atoms with E-state index in [9.17, 15) is 4.79 Å². The molecule has 0 aliphatic heterocycles. The van der Waals surface area contributed by atoms with Gasteiger partial charge in [-0.2, -0.15) is 0 Å². The van der Waals surface area contributed by atoms with Crippen LogP contribution in [0.2, 0.25) is 5.02 Å². The second kappa shape index (κ2) is 7.44. The molecule has 128 valence electrons. The van der Waals surface area contributed by atoms with E-state index >= 15 is 0 Å². The number of amides is 1. The van der Waals surface area contributed by atoms with Crippen LogP contribution >= 0.6 is 11.6 Å². The Morgan fingerprint density at radius 1 is 1.20 bits per heavy atom. The summed E-state index contributed by atoms with van der Waals surface area (Å²) in [6.07, 6.45) is 0. The number of tetrazole rings is 1. The van der Waals surface area contributed by atoms with Crippen molar-refractivity contribution in [3.8, 4) is 11.4 Å². The maximum Gasteiger partial charge on any atom is 0.253 e. The number of aromatic nitrogens is 4. The molecule has 0 aliphatic rings. The van der Waals surface area contributed by atoms with Gasteiger partial charge >= 0.3 is 0 Å². The molecule has 0 saturated heterocycles. The van der Waals surface area contributed by atoms with Crippen LogP contribution < -0.4 is 0 Å². The summed E-state index contributed by atoms with van der Waals surface area (Å²) in [5.74, 6) is 0.588. The molecule has 1 amide bonds. The topological polar surface area (TPSA) is 63.9 Å². The van der Waals surface area contributed by atoms with E-state index in [4.69, 9.17) is 11.6 Å². The van der Waals surface area contributed by atoms with Crippen molar-refractivity contribution >= 4 is 17.5 Å². The number of hydrogen-bond donors (Lipinski definition) is 0. The van der Waals surface area contributed by atoms with Gasteiger partial charge in [0.2, 0.25) is 0 Å². The predicted molar refractivity (Wildman–Crippen MR) is 96.2 cm³/mol. The summed E-state index contributed by atoms with van der Waals surface area (Å²) < 4.78 is 1.70. The van der Waals surface area contributed by atoms with Crippen molar-refractivity contribution in [3.63, 3.8) is 0 Å². The van der Waals surface area contributed by atoms with Crippen molar-refractivity contribution < 1.29 is 4.79 Å². The molecule has 0 atom stereocenters. The van der Waals surface area contributed by atoms with Gasteiger partial charge in [0.1, 0.15) is 0 Å². The molecule has 2 aromatic carbocycles. The van der Waals surface area contributed by atoms with Gasteiger partial charge in [0.05, 0.1) is 0 Å². The molecule has 0 fully saturated rings. The van der Waals surface area contributed by atoms with E-state index in [1.807, 2.05) is 49.4 Å². The average molecular weight is 356 g/mol. The zero-order chi connectivity index (χ0) is 17.8. The van der Waals surface area contributed by atoms with Gasteiger partial charge in [0.15, 0.2) is 5.82 Å². The Morgan fingerprint density at radius 3 is 2.68 bits per heavy atom. The first-order valence-electron chi connectivity index (χ1n) is 7.95. The van der Waals surface area contributed by atoms with Crippen LogP contribution in [0.25, 0.3) is 11.4 Å². The molecular formula is C18H18ClN5O. The van der Waals surface area contributed by atoms with Crippen LogP contribution in [0.1, 0.15) is 22.8 Å². The Bertz CT molecular complexity index is 875. The van der Waals surface area contributed by atoms with Gasteiger partial charge in [-0.05, 0) is 47.2 Å². The molecule has 0 aliphatic carbocycles. The fraction of sp³-hybridized carbons (Fsp3) is 0.222. The van der Waals surface area contributed by atoms with Crippen LogP contribution in [0.4, 0.5) is 0 Å². The number of carbonyl (C=O) groups is 1. The summed E-state index contributed by atoms with van der Waals surface area (Å²) in [7, 11) is 1.78. The van der Waals surface area contributed by atoms with E-state index in [2.05, 4.69) is 15.5 Å². The van der Waals surface area contributed by atoms with E-state index in [0.717, 1.165) is 11.1 Å². The highest BCUT2D eigenvalue weighted by Crippen LogP contribution is 2.19. The number of rotatable bonds is 5. The smallest absolute Gasteiger partial charge is 0.253 e. The Kier molecular flexibility index (Phi) is 5.09. The predicted octanol–water partition coefficient (Wildman–Crippen LogP) is 3.29. The number of benzene rings is 2. The third kappa shape index (κ3) is 3.85. The molecule has 3 aromatic rings. The minimum absolute atomic E-state index is 0.0627. The van der Waals surface area contributed by atoms with E-state index in [0.29, 0.717) is 29.5 Å². The Balaban J connectivity index is 1.80. The lowest BCUT2D eigenvalue weighted by atomic mass is 10.1. The van der Waals surface area contributed by atoms with E-state index in [-0.39, 0.29) is 5.91 Å². The van der Waals surface area contributed by atoms with E-state index < -0.39 is 0 Å². The quantitative estimate of drug-likeness (QED) is 0.704. The minimum atomic E-state index is -0.0627. The van der Waals surface area contributed by atoms with Crippen molar-refractivity contribution in [1.29, 1.82) is 0 Å². The molecule has 0 saturated carbocycles. The summed E-state index contributed by atoms with van der Waals surface area (Å²) in [6, 6.07) is 14.8. The first-order chi connectivity index (χ1) is 12.1. The Hall–Kier alpha value is -2.73. The highest BCUT2D eigenvalue weighted by Gasteiger charge is 2.15. The molecule has 6 nitrogen and oxygen atoms in total. The van der Waals surface area contributed by atoms with Crippen molar-refractivity contribution in [2.24, 2.45) is 0 Å². The lowest BCUT2D eigenvalue weighted by molar-refractivity contribution is 0.0785. The van der Waals surface area contributed by atoms with Crippen LogP contribution in [-0.4, -0.2) is 38.1 Å². The van der Waals surface area contributed by atoms with Crippen molar-refractivity contribution in [2.75, 3.05) is 7.05 Å². The molecule has 7 heteroatoms. The third-order valence-corrected chi connectivity index (χ3v) is 4.13. The monoisotopic (exact) mass is 355 g/mol. The van der Waals surface area contributed by atoms with Gasteiger partial charge in [-0.25, -0.2) is 4.68 Å². The summed E-state index contributed by atoms with van der Waals surface area (Å²) in [6.45, 7) is 3.14. The van der Waals surface area contributed by atoms with E-state index in [1.54, 1.807) is 22.7 Å².